The van der Waals surface area contributed by atoms with E-state index in [9.17, 15) is 4.39 Å². The number of aromatic nitrogens is 3. The van der Waals surface area contributed by atoms with Crippen molar-refractivity contribution in [3.63, 3.8) is 0 Å². The third kappa shape index (κ3) is 3.51. The molecule has 7 nitrogen and oxygen atoms in total. The van der Waals surface area contributed by atoms with Crippen molar-refractivity contribution in [3.8, 4) is 0 Å². The van der Waals surface area contributed by atoms with Gasteiger partial charge in [0.2, 0.25) is 0 Å². The van der Waals surface area contributed by atoms with Gasteiger partial charge in [-0.3, -0.25) is 0 Å². The van der Waals surface area contributed by atoms with E-state index in [0.29, 0.717) is 21.7 Å². The topological polar surface area (TPSA) is 67.6 Å². The molecule has 4 heterocycles. The Bertz CT molecular complexity index is 1140. The van der Waals surface area contributed by atoms with E-state index in [2.05, 4.69) is 9.97 Å². The molecule has 2 fully saturated rings. The van der Waals surface area contributed by atoms with Crippen LogP contribution in [0, 0.1) is 5.82 Å². The normalized spacial score (nSPS) is 28.2. The van der Waals surface area contributed by atoms with Crippen LogP contribution in [-0.2, 0) is 18.9 Å². The standard InChI is InChI=1S/C21H20Cl2FN3O4/c1-21(2)30-16-15(14(28-3)10-4-5-12(22)13(24)8-10)29-20(17(16)31-21)27-7-6-11-18(23)25-9-26-19(11)27/h4-9,14-17,20H,1-3H3/t14-,15-,16-,17-,20-/m1/s1. The molecule has 0 bridgehead atoms. The number of methoxy groups -OCH3 is 1. The molecule has 0 unspecified atom stereocenters. The zero-order valence-electron chi connectivity index (χ0n) is 17.0. The van der Waals surface area contributed by atoms with E-state index in [0.717, 1.165) is 0 Å². The van der Waals surface area contributed by atoms with Gasteiger partial charge in [0.1, 0.15) is 47.4 Å². The van der Waals surface area contributed by atoms with Crippen LogP contribution >= 0.6 is 23.2 Å². The molecule has 31 heavy (non-hydrogen) atoms. The van der Waals surface area contributed by atoms with E-state index in [1.807, 2.05) is 30.7 Å². The Balaban J connectivity index is 1.56. The molecule has 10 heteroatoms. The van der Waals surface area contributed by atoms with E-state index in [1.54, 1.807) is 13.2 Å². The van der Waals surface area contributed by atoms with Crippen LogP contribution in [0.4, 0.5) is 4.39 Å². The summed E-state index contributed by atoms with van der Waals surface area (Å²) in [7, 11) is 1.54. The molecule has 2 aliphatic heterocycles. The lowest BCUT2D eigenvalue weighted by atomic mass is 9.99. The van der Waals surface area contributed by atoms with Gasteiger partial charge >= 0.3 is 0 Å². The summed E-state index contributed by atoms with van der Waals surface area (Å²) in [5, 5.41) is 1.10. The van der Waals surface area contributed by atoms with Crippen molar-refractivity contribution in [2.24, 2.45) is 0 Å². The quantitative estimate of drug-likeness (QED) is 0.518. The molecule has 0 radical (unpaired) electrons. The van der Waals surface area contributed by atoms with Crippen LogP contribution in [0.15, 0.2) is 36.8 Å². The van der Waals surface area contributed by atoms with E-state index >= 15 is 0 Å². The molecule has 1 aromatic carbocycles. The average molecular weight is 468 g/mol. The van der Waals surface area contributed by atoms with Crippen LogP contribution in [-0.4, -0.2) is 45.7 Å². The number of nitrogens with zero attached hydrogens (tertiary/aromatic N) is 3. The fraction of sp³-hybridized carbons (Fsp3) is 0.429. The van der Waals surface area contributed by atoms with Crippen LogP contribution in [0.5, 0.6) is 0 Å². The van der Waals surface area contributed by atoms with Gasteiger partial charge < -0.3 is 23.5 Å². The Hall–Kier alpha value is -1.81. The largest absolute Gasteiger partial charge is 0.374 e. The smallest absolute Gasteiger partial charge is 0.164 e. The van der Waals surface area contributed by atoms with Crippen LogP contribution < -0.4 is 0 Å². The van der Waals surface area contributed by atoms with Crippen molar-refractivity contribution in [2.45, 2.75) is 50.3 Å². The number of rotatable bonds is 4. The zero-order chi connectivity index (χ0) is 21.9. The zero-order valence-corrected chi connectivity index (χ0v) is 18.5. The molecule has 0 aliphatic carbocycles. The highest BCUT2D eigenvalue weighted by Gasteiger charge is 2.58. The first kappa shape index (κ1) is 21.1. The predicted molar refractivity (Wildman–Crippen MR) is 111 cm³/mol. The third-order valence-electron chi connectivity index (χ3n) is 5.62. The summed E-state index contributed by atoms with van der Waals surface area (Å²) in [4.78, 5) is 8.39. The monoisotopic (exact) mass is 467 g/mol. The molecule has 5 rings (SSSR count). The second-order valence-electron chi connectivity index (χ2n) is 8.01. The summed E-state index contributed by atoms with van der Waals surface area (Å²) in [6, 6.07) is 6.38. The third-order valence-corrected chi connectivity index (χ3v) is 6.23. The molecule has 0 N–H and O–H groups in total. The lowest BCUT2D eigenvalue weighted by molar-refractivity contribution is -0.209. The molecule has 164 valence electrons. The highest BCUT2D eigenvalue weighted by molar-refractivity contribution is 6.33. The number of ether oxygens (including phenoxy) is 4. The van der Waals surface area contributed by atoms with Crippen molar-refractivity contribution in [1.82, 2.24) is 14.5 Å². The Kier molecular flexibility index (Phi) is 5.20. The summed E-state index contributed by atoms with van der Waals surface area (Å²) < 4.78 is 40.5. The molecule has 2 saturated heterocycles. The second kappa shape index (κ2) is 7.65. The van der Waals surface area contributed by atoms with Crippen LogP contribution in [0.25, 0.3) is 11.0 Å². The van der Waals surface area contributed by atoms with Crippen molar-refractivity contribution in [2.75, 3.05) is 7.11 Å². The van der Waals surface area contributed by atoms with Gasteiger partial charge in [-0.2, -0.15) is 0 Å². The maximum atomic E-state index is 14.2. The molecular formula is C21H20Cl2FN3O4. The molecule has 2 aromatic heterocycles. The molecule has 0 amide bonds. The summed E-state index contributed by atoms with van der Waals surface area (Å²) >= 11 is 12.1. The van der Waals surface area contributed by atoms with Gasteiger partial charge in [-0.1, -0.05) is 29.3 Å². The Morgan fingerprint density at radius 2 is 1.94 bits per heavy atom. The molecule has 5 atom stereocenters. The van der Waals surface area contributed by atoms with Gasteiger partial charge in [0.25, 0.3) is 0 Å². The van der Waals surface area contributed by atoms with Gasteiger partial charge in [0.05, 0.1) is 10.4 Å². The molecule has 2 aliphatic rings. The van der Waals surface area contributed by atoms with E-state index in [1.165, 1.54) is 18.5 Å². The SMILES string of the molecule is CO[C@H](c1ccc(Cl)c(F)c1)[C@H]1O[C@@H](n2ccc3c(Cl)ncnc32)[C@@H]2OC(C)(C)O[C@@H]21. The summed E-state index contributed by atoms with van der Waals surface area (Å²) in [6.07, 6.45) is 0.579. The fourth-order valence-electron chi connectivity index (χ4n) is 4.37. The number of fused-ring (bicyclic) bond motifs is 2. The first-order chi connectivity index (χ1) is 14.8. The van der Waals surface area contributed by atoms with Crippen LogP contribution in [0.3, 0.4) is 0 Å². The second-order valence-corrected chi connectivity index (χ2v) is 8.78. The predicted octanol–water partition coefficient (Wildman–Crippen LogP) is 4.68. The maximum absolute atomic E-state index is 14.2. The Morgan fingerprint density at radius 3 is 2.68 bits per heavy atom. The summed E-state index contributed by atoms with van der Waals surface area (Å²) in [6.45, 7) is 3.69. The van der Waals surface area contributed by atoms with Crippen LogP contribution in [0.2, 0.25) is 10.2 Å². The minimum Gasteiger partial charge on any atom is -0.374 e. The van der Waals surface area contributed by atoms with Gasteiger partial charge in [-0.05, 0) is 37.6 Å². The lowest BCUT2D eigenvalue weighted by Gasteiger charge is -2.29. The maximum Gasteiger partial charge on any atom is 0.164 e. The van der Waals surface area contributed by atoms with Crippen molar-refractivity contribution in [1.29, 1.82) is 0 Å². The number of halogens is 3. The number of hydrogen-bond donors (Lipinski definition) is 0. The van der Waals surface area contributed by atoms with E-state index in [-0.39, 0.29) is 5.02 Å². The Labute approximate surface area is 188 Å². The lowest BCUT2D eigenvalue weighted by Crippen LogP contribution is -2.35. The average Bonchev–Trinajstić information content (AvgIpc) is 3.37. The van der Waals surface area contributed by atoms with Crippen molar-refractivity contribution < 1.29 is 23.3 Å². The van der Waals surface area contributed by atoms with E-state index < -0.39 is 42.2 Å². The Morgan fingerprint density at radius 1 is 1.16 bits per heavy atom. The molecule has 0 spiro atoms. The number of hydrogen-bond acceptors (Lipinski definition) is 6. The van der Waals surface area contributed by atoms with Gasteiger partial charge in [0.15, 0.2) is 12.0 Å². The van der Waals surface area contributed by atoms with Crippen molar-refractivity contribution in [3.05, 3.63) is 58.3 Å². The fourth-order valence-corrected chi connectivity index (χ4v) is 4.68. The first-order valence-corrected chi connectivity index (χ1v) is 10.5. The van der Waals surface area contributed by atoms with Gasteiger partial charge in [-0.15, -0.1) is 0 Å². The minimum atomic E-state index is -0.825. The highest BCUT2D eigenvalue weighted by Crippen LogP contribution is 2.48. The number of benzene rings is 1. The van der Waals surface area contributed by atoms with Gasteiger partial charge in [-0.25, -0.2) is 14.4 Å². The molecule has 0 saturated carbocycles. The first-order valence-electron chi connectivity index (χ1n) is 9.75. The van der Waals surface area contributed by atoms with Crippen molar-refractivity contribution >= 4 is 34.2 Å². The molecular weight excluding hydrogens is 448 g/mol. The highest BCUT2D eigenvalue weighted by atomic mass is 35.5. The van der Waals surface area contributed by atoms with Crippen LogP contribution in [0.1, 0.15) is 31.7 Å². The minimum absolute atomic E-state index is 0.0404. The van der Waals surface area contributed by atoms with E-state index in [4.69, 9.17) is 42.1 Å². The molecule has 3 aromatic rings. The summed E-state index contributed by atoms with van der Waals surface area (Å²) in [5.41, 5.74) is 1.20. The van der Waals surface area contributed by atoms with Gasteiger partial charge in [0, 0.05) is 13.3 Å². The summed E-state index contributed by atoms with van der Waals surface area (Å²) in [5.74, 6) is -1.35.